The third-order valence-corrected chi connectivity index (χ3v) is 7.84. The second kappa shape index (κ2) is 7.31. The first kappa shape index (κ1) is 20.9. The van der Waals surface area contributed by atoms with Crippen LogP contribution in [0.4, 0.5) is 5.69 Å². The van der Waals surface area contributed by atoms with Gasteiger partial charge in [0.2, 0.25) is 0 Å². The van der Waals surface area contributed by atoms with Crippen molar-refractivity contribution in [1.29, 1.82) is 0 Å². The first-order valence-electron chi connectivity index (χ1n) is 12.1. The summed E-state index contributed by atoms with van der Waals surface area (Å²) in [5, 5.41) is 12.3. The maximum Gasteiger partial charge on any atom is 0.255 e. The lowest BCUT2D eigenvalue weighted by Crippen LogP contribution is -2.29. The minimum atomic E-state index is -0.249. The van der Waals surface area contributed by atoms with E-state index in [9.17, 15) is 14.7 Å². The predicted octanol–water partition coefficient (Wildman–Crippen LogP) is 4.45. The van der Waals surface area contributed by atoms with Gasteiger partial charge in [-0.25, -0.2) is 4.98 Å². The van der Waals surface area contributed by atoms with Gasteiger partial charge in [0.25, 0.3) is 5.91 Å². The Morgan fingerprint density at radius 3 is 2.81 bits per heavy atom. The van der Waals surface area contributed by atoms with Gasteiger partial charge in [-0.05, 0) is 66.8 Å². The van der Waals surface area contributed by atoms with Crippen LogP contribution in [-0.4, -0.2) is 37.6 Å². The van der Waals surface area contributed by atoms with Crippen molar-refractivity contribution in [3.05, 3.63) is 107 Å². The summed E-state index contributed by atoms with van der Waals surface area (Å²) in [6, 6.07) is 15.9. The van der Waals surface area contributed by atoms with E-state index < -0.39 is 0 Å². The number of anilines is 1. The highest BCUT2D eigenvalue weighted by Crippen LogP contribution is 2.67. The quantitative estimate of drug-likeness (QED) is 0.454. The number of hydrogen-bond donors (Lipinski definition) is 2. The molecule has 3 heterocycles. The Morgan fingerprint density at radius 1 is 1.14 bits per heavy atom. The van der Waals surface area contributed by atoms with Gasteiger partial charge >= 0.3 is 0 Å². The number of rotatable bonds is 4. The van der Waals surface area contributed by atoms with Crippen LogP contribution < -0.4 is 5.32 Å². The van der Waals surface area contributed by atoms with Crippen molar-refractivity contribution >= 4 is 23.0 Å². The molecule has 2 N–H and O–H groups in total. The van der Waals surface area contributed by atoms with Gasteiger partial charge in [0, 0.05) is 47.3 Å². The van der Waals surface area contributed by atoms with Crippen LogP contribution in [0.3, 0.4) is 0 Å². The molecule has 1 saturated heterocycles. The number of ketones is 1. The van der Waals surface area contributed by atoms with Crippen molar-refractivity contribution in [2.45, 2.75) is 25.3 Å². The third-order valence-electron chi connectivity index (χ3n) is 7.84. The van der Waals surface area contributed by atoms with E-state index in [0.29, 0.717) is 23.7 Å². The maximum absolute atomic E-state index is 13.0. The Labute approximate surface area is 207 Å². The number of pyridine rings is 1. The number of piperidine rings is 1. The molecule has 2 fully saturated rings. The average molecular weight is 477 g/mol. The van der Waals surface area contributed by atoms with Crippen LogP contribution in [0, 0.1) is 12.8 Å². The van der Waals surface area contributed by atoms with Gasteiger partial charge < -0.3 is 19.7 Å². The third kappa shape index (κ3) is 3.02. The summed E-state index contributed by atoms with van der Waals surface area (Å²) in [6.45, 7) is 3.67. The Kier molecular flexibility index (Phi) is 4.25. The van der Waals surface area contributed by atoms with Crippen molar-refractivity contribution < 1.29 is 14.7 Å². The van der Waals surface area contributed by atoms with E-state index in [0.717, 1.165) is 35.6 Å². The summed E-state index contributed by atoms with van der Waals surface area (Å²) in [4.78, 5) is 32.6. The lowest BCUT2D eigenvalue weighted by atomic mass is 9.79. The number of carbonyl (C=O) groups excluding carboxylic acids is 2. The molecule has 7 heteroatoms. The van der Waals surface area contributed by atoms with Crippen molar-refractivity contribution in [3.8, 4) is 5.75 Å². The van der Waals surface area contributed by atoms with Crippen molar-refractivity contribution in [1.82, 2.24) is 14.3 Å². The zero-order valence-electron chi connectivity index (χ0n) is 19.7. The summed E-state index contributed by atoms with van der Waals surface area (Å²) in [6.07, 6.45) is 6.78. The van der Waals surface area contributed by atoms with Gasteiger partial charge in [0.15, 0.2) is 5.78 Å². The first-order chi connectivity index (χ1) is 17.4. The van der Waals surface area contributed by atoms with Crippen LogP contribution in [0.2, 0.25) is 0 Å². The van der Waals surface area contributed by atoms with Crippen LogP contribution in [0.5, 0.6) is 5.75 Å². The molecule has 0 bridgehead atoms. The van der Waals surface area contributed by atoms with Gasteiger partial charge in [0.05, 0.1) is 17.9 Å². The number of amides is 1. The second-order valence-electron chi connectivity index (χ2n) is 10.1. The molecule has 1 spiro atoms. The molecule has 7 nitrogen and oxygen atoms in total. The molecule has 7 rings (SSSR count). The number of nitrogens with one attached hydrogen (secondary N) is 1. The Hall–Kier alpha value is -4.39. The number of hydrogen-bond acceptors (Lipinski definition) is 5. The molecule has 178 valence electrons. The van der Waals surface area contributed by atoms with Crippen LogP contribution in [0.25, 0.3) is 5.65 Å². The molecule has 36 heavy (non-hydrogen) atoms. The zero-order valence-corrected chi connectivity index (χ0v) is 19.7. The average Bonchev–Trinajstić information content (AvgIpc) is 3.26. The molecule has 0 radical (unpaired) electrons. The van der Waals surface area contributed by atoms with E-state index in [1.165, 1.54) is 23.3 Å². The molecule has 1 amide bonds. The number of likely N-dealkylation sites (tertiary alicyclic amines) is 1. The Bertz CT molecular complexity index is 1620. The van der Waals surface area contributed by atoms with Gasteiger partial charge in [-0.1, -0.05) is 18.2 Å². The number of benzene rings is 2. The number of allylic oxidation sites excluding steroid dienone is 2. The molecule has 2 aromatic heterocycles. The second-order valence-corrected chi connectivity index (χ2v) is 10.1. The minimum absolute atomic E-state index is 0.0145. The molecule has 2 aliphatic carbocycles. The number of aryl methyl sites for hydroxylation is 1. The van der Waals surface area contributed by atoms with Gasteiger partial charge in [-0.3, -0.25) is 9.59 Å². The van der Waals surface area contributed by atoms with Crippen molar-refractivity contribution in [2.75, 3.05) is 11.9 Å². The zero-order chi connectivity index (χ0) is 24.6. The lowest BCUT2D eigenvalue weighted by Gasteiger charge is -2.31. The topological polar surface area (TPSA) is 86.9 Å². The van der Waals surface area contributed by atoms with E-state index in [1.807, 2.05) is 47.1 Å². The molecule has 4 aromatic rings. The molecule has 1 unspecified atom stereocenters. The highest BCUT2D eigenvalue weighted by atomic mass is 16.3. The molecule has 1 aliphatic heterocycles. The molecular weight excluding hydrogens is 452 g/mol. The monoisotopic (exact) mass is 476 g/mol. The van der Waals surface area contributed by atoms with E-state index in [4.69, 9.17) is 4.98 Å². The van der Waals surface area contributed by atoms with E-state index in [-0.39, 0.29) is 22.9 Å². The summed E-state index contributed by atoms with van der Waals surface area (Å²) in [5.74, 6) is 0.500. The summed E-state index contributed by atoms with van der Waals surface area (Å²) in [5.41, 5.74) is 7.23. The number of nitrogens with zero attached hydrogens (tertiary/aromatic N) is 3. The highest BCUT2D eigenvalue weighted by Gasteiger charge is 2.66. The number of fused-ring (bicyclic) bond motifs is 2. The maximum atomic E-state index is 13.0. The lowest BCUT2D eigenvalue weighted by molar-refractivity contribution is 0.102. The molecular formula is C29H24N4O3. The van der Waals surface area contributed by atoms with Crippen molar-refractivity contribution in [3.63, 3.8) is 0 Å². The summed E-state index contributed by atoms with van der Waals surface area (Å²) in [7, 11) is 0. The van der Waals surface area contributed by atoms with Gasteiger partial charge in [0.1, 0.15) is 11.4 Å². The van der Waals surface area contributed by atoms with Crippen molar-refractivity contribution in [2.24, 2.45) is 5.92 Å². The van der Waals surface area contributed by atoms with Crippen LogP contribution in [0.15, 0.2) is 78.8 Å². The van der Waals surface area contributed by atoms with E-state index in [1.54, 1.807) is 12.1 Å². The molecule has 1 saturated carbocycles. The predicted molar refractivity (Wildman–Crippen MR) is 135 cm³/mol. The Balaban J connectivity index is 1.13. The number of phenols is 1. The number of aromatic nitrogens is 2. The van der Waals surface area contributed by atoms with E-state index in [2.05, 4.69) is 23.2 Å². The SMILES string of the molecule is Cc1cccc2c1C13C[C@@H]1CN(Cc1cn4cc(NC(=O)c5ccc(O)cc5)ccc4n1)C3=CC2=O. The fraction of sp³-hybridized carbons (Fsp3) is 0.207. The fourth-order valence-corrected chi connectivity index (χ4v) is 6.19. The van der Waals surface area contributed by atoms with Crippen LogP contribution in [0.1, 0.15) is 44.0 Å². The molecule has 2 atom stereocenters. The smallest absolute Gasteiger partial charge is 0.255 e. The molecule has 2 aromatic carbocycles. The fourth-order valence-electron chi connectivity index (χ4n) is 6.19. The summed E-state index contributed by atoms with van der Waals surface area (Å²) >= 11 is 0. The van der Waals surface area contributed by atoms with Crippen LogP contribution in [-0.2, 0) is 12.0 Å². The summed E-state index contributed by atoms with van der Waals surface area (Å²) < 4.78 is 1.91. The standard InChI is InChI=1S/C29H24N4O3/c1-17-3-2-4-23-24(35)11-25-29(27(17)23)12-19(29)13-32(25)15-21-16-33-14-20(7-10-26(33)30-21)31-28(36)18-5-8-22(34)9-6-18/h2-11,14,16,19,34H,12-13,15H2,1H3,(H,31,36)/t19-,29?/m1/s1. The number of aromatic hydroxyl groups is 1. The number of phenolic OH excluding ortho intramolecular Hbond substituents is 1. The first-order valence-corrected chi connectivity index (χ1v) is 12.1. The molecule has 3 aliphatic rings. The number of carbonyl (C=O) groups is 2. The Morgan fingerprint density at radius 2 is 1.97 bits per heavy atom. The van der Waals surface area contributed by atoms with Crippen LogP contribution >= 0.6 is 0 Å². The highest BCUT2D eigenvalue weighted by molar-refractivity contribution is 6.09. The minimum Gasteiger partial charge on any atom is -0.508 e. The van der Waals surface area contributed by atoms with E-state index >= 15 is 0 Å². The number of imidazole rings is 1. The largest absolute Gasteiger partial charge is 0.508 e. The van der Waals surface area contributed by atoms with Gasteiger partial charge in [-0.2, -0.15) is 0 Å². The normalized spacial score (nSPS) is 21.6. The van der Waals surface area contributed by atoms with Gasteiger partial charge in [-0.15, -0.1) is 0 Å².